The normalized spacial score (nSPS) is 15.3. The number of alkyl halides is 2. The Bertz CT molecular complexity index is 88.1. The molecule has 0 spiro atoms. The zero-order valence-electron chi connectivity index (χ0n) is 6.66. The van der Waals surface area contributed by atoms with Crippen LogP contribution in [0.2, 0.25) is 0 Å². The Morgan fingerprint density at radius 2 is 2.00 bits per heavy atom. The predicted molar refractivity (Wildman–Crippen MR) is 36.3 cm³/mol. The highest BCUT2D eigenvalue weighted by atomic mass is 19.3. The van der Waals surface area contributed by atoms with Crippen molar-refractivity contribution >= 4 is 0 Å². The SMILES string of the molecule is CCCC(OC)C(C)(F)F. The van der Waals surface area contributed by atoms with E-state index in [1.165, 1.54) is 7.11 Å². The van der Waals surface area contributed by atoms with Crippen molar-refractivity contribution < 1.29 is 13.5 Å². The maximum Gasteiger partial charge on any atom is 0.270 e. The third kappa shape index (κ3) is 3.11. The van der Waals surface area contributed by atoms with Gasteiger partial charge in [-0.3, -0.25) is 0 Å². The summed E-state index contributed by atoms with van der Waals surface area (Å²) in [7, 11) is 1.32. The summed E-state index contributed by atoms with van der Waals surface area (Å²) < 4.78 is 29.5. The summed E-state index contributed by atoms with van der Waals surface area (Å²) in [5.74, 6) is -2.70. The van der Waals surface area contributed by atoms with Gasteiger partial charge in [0.2, 0.25) is 0 Å². The van der Waals surface area contributed by atoms with Crippen LogP contribution in [0, 0.1) is 0 Å². The molecule has 0 aromatic rings. The van der Waals surface area contributed by atoms with Crippen LogP contribution in [0.15, 0.2) is 0 Å². The van der Waals surface area contributed by atoms with Gasteiger partial charge < -0.3 is 4.74 Å². The zero-order valence-corrected chi connectivity index (χ0v) is 6.66. The van der Waals surface area contributed by atoms with E-state index >= 15 is 0 Å². The second kappa shape index (κ2) is 3.86. The molecule has 0 rings (SSSR count). The number of rotatable bonds is 4. The van der Waals surface area contributed by atoms with Gasteiger partial charge in [-0.2, -0.15) is 0 Å². The summed E-state index contributed by atoms with van der Waals surface area (Å²) in [6.07, 6.45) is 0.222. The second-order valence-corrected chi connectivity index (χ2v) is 2.47. The highest BCUT2D eigenvalue weighted by Gasteiger charge is 2.32. The summed E-state index contributed by atoms with van der Waals surface area (Å²) in [6, 6.07) is 0. The minimum absolute atomic E-state index is 0.417. The van der Waals surface area contributed by atoms with Gasteiger partial charge in [-0.1, -0.05) is 13.3 Å². The van der Waals surface area contributed by atoms with Gasteiger partial charge in [0, 0.05) is 14.0 Å². The van der Waals surface area contributed by atoms with E-state index in [4.69, 9.17) is 0 Å². The van der Waals surface area contributed by atoms with Gasteiger partial charge in [-0.15, -0.1) is 0 Å². The van der Waals surface area contributed by atoms with Crippen LogP contribution in [0.1, 0.15) is 26.7 Å². The highest BCUT2D eigenvalue weighted by molar-refractivity contribution is 4.71. The maximum absolute atomic E-state index is 12.4. The second-order valence-electron chi connectivity index (χ2n) is 2.47. The summed E-state index contributed by atoms with van der Waals surface area (Å²) >= 11 is 0. The lowest BCUT2D eigenvalue weighted by molar-refractivity contribution is -0.113. The van der Waals surface area contributed by atoms with Crippen LogP contribution in [0.3, 0.4) is 0 Å². The maximum atomic E-state index is 12.4. The molecule has 1 unspecified atom stereocenters. The van der Waals surface area contributed by atoms with Crippen molar-refractivity contribution in [1.82, 2.24) is 0 Å². The smallest absolute Gasteiger partial charge is 0.270 e. The van der Waals surface area contributed by atoms with E-state index in [1.807, 2.05) is 6.92 Å². The van der Waals surface area contributed by atoms with Gasteiger partial charge in [0.15, 0.2) is 0 Å². The lowest BCUT2D eigenvalue weighted by Gasteiger charge is -2.20. The Balaban J connectivity index is 3.81. The molecule has 0 bridgehead atoms. The molecule has 0 aromatic carbocycles. The molecular formula is C7H14F2O. The van der Waals surface area contributed by atoms with Crippen LogP contribution in [0.5, 0.6) is 0 Å². The minimum Gasteiger partial charge on any atom is -0.375 e. The van der Waals surface area contributed by atoms with E-state index in [0.717, 1.165) is 13.3 Å². The lowest BCUT2D eigenvalue weighted by atomic mass is 10.1. The standard InChI is InChI=1S/C7H14F2O/c1-4-5-6(10-3)7(2,8)9/h6H,4-5H2,1-3H3. The van der Waals surface area contributed by atoms with Crippen LogP contribution in [0.25, 0.3) is 0 Å². The Labute approximate surface area is 60.4 Å². The molecule has 0 saturated carbocycles. The number of halogens is 2. The summed E-state index contributed by atoms with van der Waals surface area (Å²) in [6.45, 7) is 2.74. The molecular weight excluding hydrogens is 138 g/mol. The van der Waals surface area contributed by atoms with Crippen molar-refractivity contribution in [2.45, 2.75) is 38.7 Å². The van der Waals surface area contributed by atoms with Gasteiger partial charge in [0.25, 0.3) is 5.92 Å². The van der Waals surface area contributed by atoms with Crippen molar-refractivity contribution in [1.29, 1.82) is 0 Å². The molecule has 0 N–H and O–H groups in total. The molecule has 0 saturated heterocycles. The number of ether oxygens (including phenoxy) is 1. The first kappa shape index (κ1) is 9.82. The molecule has 1 nitrogen and oxygen atoms in total. The predicted octanol–water partition coefficient (Wildman–Crippen LogP) is 2.46. The van der Waals surface area contributed by atoms with Gasteiger partial charge in [0.05, 0.1) is 0 Å². The molecule has 0 aliphatic rings. The van der Waals surface area contributed by atoms with Crippen molar-refractivity contribution in [3.05, 3.63) is 0 Å². The largest absolute Gasteiger partial charge is 0.375 e. The van der Waals surface area contributed by atoms with Crippen molar-refractivity contribution in [3.63, 3.8) is 0 Å². The Hall–Kier alpha value is -0.180. The van der Waals surface area contributed by atoms with E-state index in [-0.39, 0.29) is 0 Å². The molecule has 62 valence electrons. The zero-order chi connectivity index (χ0) is 8.20. The molecule has 0 radical (unpaired) electrons. The lowest BCUT2D eigenvalue weighted by Crippen LogP contribution is -2.31. The van der Waals surface area contributed by atoms with Crippen molar-refractivity contribution in [2.24, 2.45) is 0 Å². The third-order valence-corrected chi connectivity index (χ3v) is 1.40. The van der Waals surface area contributed by atoms with Crippen molar-refractivity contribution in [2.75, 3.05) is 7.11 Å². The first-order valence-corrected chi connectivity index (χ1v) is 3.43. The van der Waals surface area contributed by atoms with E-state index < -0.39 is 12.0 Å². The Morgan fingerprint density at radius 3 is 2.10 bits per heavy atom. The minimum atomic E-state index is -2.70. The van der Waals surface area contributed by atoms with Crippen LogP contribution in [0.4, 0.5) is 8.78 Å². The first-order valence-electron chi connectivity index (χ1n) is 3.43. The van der Waals surface area contributed by atoms with Crippen LogP contribution >= 0.6 is 0 Å². The van der Waals surface area contributed by atoms with Gasteiger partial charge in [0.1, 0.15) is 6.10 Å². The Morgan fingerprint density at radius 1 is 1.50 bits per heavy atom. The van der Waals surface area contributed by atoms with Crippen LogP contribution in [-0.2, 0) is 4.74 Å². The van der Waals surface area contributed by atoms with E-state index in [2.05, 4.69) is 4.74 Å². The van der Waals surface area contributed by atoms with E-state index in [0.29, 0.717) is 6.42 Å². The van der Waals surface area contributed by atoms with Gasteiger partial charge in [-0.05, 0) is 6.42 Å². The average Bonchev–Trinajstić information content (AvgIpc) is 1.80. The molecule has 0 fully saturated rings. The van der Waals surface area contributed by atoms with Crippen LogP contribution < -0.4 is 0 Å². The number of methoxy groups -OCH3 is 1. The fourth-order valence-electron chi connectivity index (χ4n) is 0.840. The van der Waals surface area contributed by atoms with Gasteiger partial charge in [-0.25, -0.2) is 8.78 Å². The molecule has 0 heterocycles. The highest BCUT2D eigenvalue weighted by Crippen LogP contribution is 2.22. The van der Waals surface area contributed by atoms with Crippen LogP contribution in [-0.4, -0.2) is 19.1 Å². The third-order valence-electron chi connectivity index (χ3n) is 1.40. The summed E-state index contributed by atoms with van der Waals surface area (Å²) in [4.78, 5) is 0. The van der Waals surface area contributed by atoms with Gasteiger partial charge >= 0.3 is 0 Å². The quantitative estimate of drug-likeness (QED) is 0.601. The molecule has 0 aliphatic heterocycles. The van der Waals surface area contributed by atoms with E-state index in [1.54, 1.807) is 0 Å². The molecule has 0 aromatic heterocycles. The Kier molecular flexibility index (Phi) is 3.79. The summed E-state index contributed by atoms with van der Waals surface area (Å²) in [5, 5.41) is 0. The molecule has 0 aliphatic carbocycles. The molecule has 10 heavy (non-hydrogen) atoms. The number of hydrogen-bond donors (Lipinski definition) is 0. The fourth-order valence-corrected chi connectivity index (χ4v) is 0.840. The monoisotopic (exact) mass is 152 g/mol. The van der Waals surface area contributed by atoms with Crippen molar-refractivity contribution in [3.8, 4) is 0 Å². The average molecular weight is 152 g/mol. The topological polar surface area (TPSA) is 9.23 Å². The molecule has 1 atom stereocenters. The first-order chi connectivity index (χ1) is 4.52. The molecule has 0 amide bonds. The number of hydrogen-bond acceptors (Lipinski definition) is 1. The van der Waals surface area contributed by atoms with E-state index in [9.17, 15) is 8.78 Å². The fraction of sp³-hybridized carbons (Fsp3) is 1.00. The summed E-state index contributed by atoms with van der Waals surface area (Å²) in [5.41, 5.74) is 0. The molecule has 3 heteroatoms.